The van der Waals surface area contributed by atoms with Gasteiger partial charge < -0.3 is 5.73 Å². The molecule has 0 saturated heterocycles. The van der Waals surface area contributed by atoms with Crippen molar-refractivity contribution in [2.24, 2.45) is 5.73 Å². The lowest BCUT2D eigenvalue weighted by molar-refractivity contribution is -0.124. The van der Waals surface area contributed by atoms with E-state index >= 15 is 0 Å². The lowest BCUT2D eigenvalue weighted by Gasteiger charge is -2.35. The van der Waals surface area contributed by atoms with Crippen LogP contribution in [0.25, 0.3) is 0 Å². The average Bonchev–Trinajstić information content (AvgIpc) is 2.83. The van der Waals surface area contributed by atoms with E-state index in [1.165, 1.54) is 16.0 Å². The highest BCUT2D eigenvalue weighted by molar-refractivity contribution is 7.10. The van der Waals surface area contributed by atoms with Crippen LogP contribution in [0.2, 0.25) is 0 Å². The molecule has 0 fully saturated rings. The normalized spacial score (nSPS) is 18.8. The number of nitrogens with zero attached hydrogens (tertiary/aromatic N) is 1. The van der Waals surface area contributed by atoms with Gasteiger partial charge in [-0.15, -0.1) is 11.3 Å². The van der Waals surface area contributed by atoms with Gasteiger partial charge in [0.15, 0.2) is 0 Å². The van der Waals surface area contributed by atoms with Crippen molar-refractivity contribution in [1.29, 1.82) is 0 Å². The zero-order chi connectivity index (χ0) is 14.1. The highest BCUT2D eigenvalue weighted by Crippen LogP contribution is 2.31. The van der Waals surface area contributed by atoms with Gasteiger partial charge in [0.05, 0.1) is 0 Å². The van der Waals surface area contributed by atoms with Crippen LogP contribution in [-0.2, 0) is 17.8 Å². The number of fused-ring (bicyclic) bond motifs is 1. The lowest BCUT2D eigenvalue weighted by atomic mass is 9.92. The second-order valence-corrected chi connectivity index (χ2v) is 6.18. The molecule has 1 aliphatic heterocycles. The molecule has 103 valence electrons. The third-order valence-electron chi connectivity index (χ3n) is 3.90. The summed E-state index contributed by atoms with van der Waals surface area (Å²) in [5.74, 6) is -0.272. The first-order valence-corrected chi connectivity index (χ1v) is 7.60. The summed E-state index contributed by atoms with van der Waals surface area (Å²) in [4.78, 5) is 15.4. The van der Waals surface area contributed by atoms with Crippen LogP contribution in [0.4, 0.5) is 0 Å². The molecular weight excluding hydrogens is 268 g/mol. The van der Waals surface area contributed by atoms with Gasteiger partial charge in [-0.1, -0.05) is 18.2 Å². The molecule has 0 saturated carbocycles. The van der Waals surface area contributed by atoms with E-state index in [0.29, 0.717) is 0 Å². The molecular formula is C16H17N2OS. The van der Waals surface area contributed by atoms with Crippen LogP contribution in [0.15, 0.2) is 29.6 Å². The maximum Gasteiger partial charge on any atom is 0.239 e. The number of nitrogens with two attached hydrogens (primary N) is 1. The van der Waals surface area contributed by atoms with Crippen molar-refractivity contribution < 1.29 is 4.79 Å². The van der Waals surface area contributed by atoms with E-state index in [2.05, 4.69) is 29.3 Å². The highest BCUT2D eigenvalue weighted by atomic mass is 32.1. The zero-order valence-corrected chi connectivity index (χ0v) is 12.2. The first kappa shape index (κ1) is 13.3. The predicted octanol–water partition coefficient (Wildman–Crippen LogP) is 2.44. The van der Waals surface area contributed by atoms with Gasteiger partial charge in [0, 0.05) is 18.0 Å². The Morgan fingerprint density at radius 3 is 3.10 bits per heavy atom. The van der Waals surface area contributed by atoms with Gasteiger partial charge in [-0.05, 0) is 47.5 Å². The van der Waals surface area contributed by atoms with Crippen molar-refractivity contribution in [3.05, 3.63) is 57.3 Å². The average molecular weight is 285 g/mol. The topological polar surface area (TPSA) is 46.3 Å². The quantitative estimate of drug-likeness (QED) is 0.941. The number of primary amides is 1. The molecule has 0 aliphatic carbocycles. The number of rotatable bonds is 3. The van der Waals surface area contributed by atoms with Crippen LogP contribution in [0.5, 0.6) is 0 Å². The van der Waals surface area contributed by atoms with Gasteiger partial charge in [-0.2, -0.15) is 0 Å². The van der Waals surface area contributed by atoms with Gasteiger partial charge in [-0.3, -0.25) is 9.69 Å². The van der Waals surface area contributed by atoms with E-state index in [4.69, 9.17) is 5.73 Å². The van der Waals surface area contributed by atoms with E-state index in [0.717, 1.165) is 25.1 Å². The molecule has 1 atom stereocenters. The summed E-state index contributed by atoms with van der Waals surface area (Å²) in [5.41, 5.74) is 9.16. The molecule has 0 bridgehead atoms. The summed E-state index contributed by atoms with van der Waals surface area (Å²) in [7, 11) is 0. The van der Waals surface area contributed by atoms with Crippen molar-refractivity contribution in [2.45, 2.75) is 25.9 Å². The van der Waals surface area contributed by atoms with Gasteiger partial charge >= 0.3 is 0 Å². The summed E-state index contributed by atoms with van der Waals surface area (Å²) >= 11 is 1.74. The second-order valence-electron chi connectivity index (χ2n) is 5.18. The molecule has 1 unspecified atom stereocenters. The predicted molar refractivity (Wildman–Crippen MR) is 80.4 cm³/mol. The molecule has 0 spiro atoms. The molecule has 1 aromatic heterocycles. The van der Waals surface area contributed by atoms with Crippen LogP contribution < -0.4 is 5.73 Å². The molecule has 3 nitrogen and oxygen atoms in total. The number of carbonyl (C=O) groups is 1. The molecule has 1 aromatic carbocycles. The monoisotopic (exact) mass is 285 g/mol. The number of hydrogen-bond donors (Lipinski definition) is 1. The van der Waals surface area contributed by atoms with Crippen molar-refractivity contribution >= 4 is 17.2 Å². The molecule has 1 radical (unpaired) electrons. The van der Waals surface area contributed by atoms with Crippen molar-refractivity contribution in [2.75, 3.05) is 6.54 Å². The number of thiophene rings is 1. The van der Waals surface area contributed by atoms with Crippen molar-refractivity contribution in [1.82, 2.24) is 4.90 Å². The third kappa shape index (κ3) is 2.37. The minimum absolute atomic E-state index is 0.272. The van der Waals surface area contributed by atoms with Gasteiger partial charge in [0.1, 0.15) is 6.04 Å². The minimum atomic E-state index is -0.324. The molecule has 3 rings (SSSR count). The third-order valence-corrected chi connectivity index (χ3v) is 4.91. The van der Waals surface area contributed by atoms with Crippen LogP contribution in [-0.4, -0.2) is 17.4 Å². The van der Waals surface area contributed by atoms with Crippen molar-refractivity contribution in [3.8, 4) is 0 Å². The maximum atomic E-state index is 11.9. The number of amides is 1. The van der Waals surface area contributed by atoms with E-state index in [9.17, 15) is 4.79 Å². The second kappa shape index (κ2) is 5.38. The Labute approximate surface area is 123 Å². The number of aryl methyl sites for hydroxylation is 1. The highest BCUT2D eigenvalue weighted by Gasteiger charge is 2.31. The van der Waals surface area contributed by atoms with E-state index in [1.807, 2.05) is 18.2 Å². The Morgan fingerprint density at radius 1 is 1.55 bits per heavy atom. The zero-order valence-electron chi connectivity index (χ0n) is 11.4. The summed E-state index contributed by atoms with van der Waals surface area (Å²) in [5, 5.41) is 2.09. The Bertz CT molecular complexity index is 635. The number of carbonyl (C=O) groups excluding carboxylic acids is 1. The number of benzene rings is 1. The fourth-order valence-electron chi connectivity index (χ4n) is 2.80. The van der Waals surface area contributed by atoms with Crippen LogP contribution in [0.3, 0.4) is 0 Å². The Hall–Kier alpha value is -1.65. The Kier molecular flexibility index (Phi) is 3.59. The van der Waals surface area contributed by atoms with Crippen LogP contribution >= 0.6 is 11.3 Å². The maximum absolute atomic E-state index is 11.9. The molecule has 1 aliphatic rings. The molecule has 1 amide bonds. The first-order valence-electron chi connectivity index (χ1n) is 6.72. The van der Waals surface area contributed by atoms with Gasteiger partial charge in [0.25, 0.3) is 0 Å². The largest absolute Gasteiger partial charge is 0.368 e. The summed E-state index contributed by atoms with van der Waals surface area (Å²) < 4.78 is 0. The smallest absolute Gasteiger partial charge is 0.239 e. The molecule has 2 heterocycles. The van der Waals surface area contributed by atoms with Gasteiger partial charge in [0.2, 0.25) is 5.91 Å². The van der Waals surface area contributed by atoms with Gasteiger partial charge in [-0.25, -0.2) is 0 Å². The first-order chi connectivity index (χ1) is 9.66. The molecule has 20 heavy (non-hydrogen) atoms. The number of hydrogen-bond acceptors (Lipinski definition) is 3. The summed E-state index contributed by atoms with van der Waals surface area (Å²) in [6, 6.07) is 10.7. The standard InChI is InChI=1S/C16H17N2OS/c1-11-7-9-20-14(11)10-18-8-6-12-4-2-3-5-13(12)15(18)16(17)19/h3-5,7,9,15H,6,8,10H2,1H3,(H2,17,19). The molecule has 4 heteroatoms. The lowest BCUT2D eigenvalue weighted by Crippen LogP contribution is -2.42. The Morgan fingerprint density at radius 2 is 2.40 bits per heavy atom. The fraction of sp³-hybridized carbons (Fsp3) is 0.312. The van der Waals surface area contributed by atoms with E-state index < -0.39 is 0 Å². The Balaban J connectivity index is 1.92. The fourth-order valence-corrected chi connectivity index (χ4v) is 3.73. The van der Waals surface area contributed by atoms with E-state index in [-0.39, 0.29) is 11.9 Å². The summed E-state index contributed by atoms with van der Waals surface area (Å²) in [6.07, 6.45) is 0.945. The summed E-state index contributed by atoms with van der Waals surface area (Å²) in [6.45, 7) is 3.75. The van der Waals surface area contributed by atoms with E-state index in [1.54, 1.807) is 11.3 Å². The SMILES string of the molecule is Cc1ccsc1CN1CCc2c[c]ccc2C1C(N)=O. The van der Waals surface area contributed by atoms with Crippen LogP contribution in [0.1, 0.15) is 27.6 Å². The minimum Gasteiger partial charge on any atom is -0.368 e. The van der Waals surface area contributed by atoms with Crippen LogP contribution in [0, 0.1) is 13.0 Å². The molecule has 2 aromatic rings. The molecule has 2 N–H and O–H groups in total. The van der Waals surface area contributed by atoms with Crippen molar-refractivity contribution in [3.63, 3.8) is 0 Å².